The molecule has 2 rings (SSSR count). The van der Waals surface area contributed by atoms with Gasteiger partial charge in [-0.25, -0.2) is 12.8 Å². The average Bonchev–Trinajstić information content (AvgIpc) is 3.01. The number of nitrogens with one attached hydrogen (secondary N) is 1. The number of nitrogens with zero attached hydrogens (tertiary/aromatic N) is 2. The molecule has 148 valence electrons. The second-order valence-corrected chi connectivity index (χ2v) is 8.81. The SMILES string of the molecule is CCN(CC)S(=O)(=O)c1cc(C(=O)NCCc2ccc(F)c(Br)c2)n(C)c1. The van der Waals surface area contributed by atoms with Gasteiger partial charge in [-0.1, -0.05) is 19.9 Å². The van der Waals surface area contributed by atoms with Gasteiger partial charge in [-0.3, -0.25) is 4.79 Å². The van der Waals surface area contributed by atoms with Gasteiger partial charge in [0.25, 0.3) is 5.91 Å². The number of amides is 1. The summed E-state index contributed by atoms with van der Waals surface area (Å²) in [5, 5.41) is 2.77. The molecule has 0 aliphatic rings. The molecule has 0 unspecified atom stereocenters. The highest BCUT2D eigenvalue weighted by Crippen LogP contribution is 2.19. The minimum absolute atomic E-state index is 0.0984. The number of aromatic nitrogens is 1. The summed E-state index contributed by atoms with van der Waals surface area (Å²) in [6.07, 6.45) is 1.97. The molecular weight excluding hydrogens is 437 g/mol. The molecule has 0 atom stereocenters. The highest BCUT2D eigenvalue weighted by Gasteiger charge is 2.25. The van der Waals surface area contributed by atoms with Crippen molar-refractivity contribution in [3.05, 3.63) is 52.0 Å². The van der Waals surface area contributed by atoms with E-state index in [1.165, 1.54) is 27.2 Å². The van der Waals surface area contributed by atoms with Crippen LogP contribution in [0, 0.1) is 5.82 Å². The number of aryl methyl sites for hydroxylation is 1. The number of benzene rings is 1. The number of halogens is 2. The van der Waals surface area contributed by atoms with Gasteiger partial charge in [0.15, 0.2) is 0 Å². The lowest BCUT2D eigenvalue weighted by molar-refractivity contribution is 0.0946. The van der Waals surface area contributed by atoms with Crippen LogP contribution in [0.1, 0.15) is 29.9 Å². The van der Waals surface area contributed by atoms with E-state index in [1.54, 1.807) is 33.0 Å². The van der Waals surface area contributed by atoms with Gasteiger partial charge in [0.1, 0.15) is 16.4 Å². The Balaban J connectivity index is 2.06. The Bertz CT molecular complexity index is 924. The molecule has 1 heterocycles. The van der Waals surface area contributed by atoms with Crippen LogP contribution in [-0.4, -0.2) is 42.8 Å². The van der Waals surface area contributed by atoms with Crippen molar-refractivity contribution >= 4 is 31.9 Å². The van der Waals surface area contributed by atoms with Gasteiger partial charge >= 0.3 is 0 Å². The molecule has 1 N–H and O–H groups in total. The van der Waals surface area contributed by atoms with E-state index >= 15 is 0 Å². The Kier molecular flexibility index (Phi) is 7.19. The van der Waals surface area contributed by atoms with Crippen LogP contribution in [0.4, 0.5) is 4.39 Å². The van der Waals surface area contributed by atoms with Crippen LogP contribution in [0.5, 0.6) is 0 Å². The molecular formula is C18H23BrFN3O3S. The van der Waals surface area contributed by atoms with E-state index in [4.69, 9.17) is 0 Å². The normalized spacial score (nSPS) is 11.8. The number of hydrogen-bond donors (Lipinski definition) is 1. The molecule has 0 bridgehead atoms. The zero-order valence-corrected chi connectivity index (χ0v) is 17.9. The Morgan fingerprint density at radius 3 is 2.52 bits per heavy atom. The molecule has 0 saturated carbocycles. The Morgan fingerprint density at radius 1 is 1.26 bits per heavy atom. The summed E-state index contributed by atoms with van der Waals surface area (Å²) in [7, 11) is -1.98. The van der Waals surface area contributed by atoms with Crippen molar-refractivity contribution in [1.29, 1.82) is 0 Å². The van der Waals surface area contributed by atoms with Gasteiger partial charge in [-0.05, 0) is 46.1 Å². The molecule has 1 amide bonds. The fourth-order valence-electron chi connectivity index (χ4n) is 2.72. The van der Waals surface area contributed by atoms with E-state index in [0.717, 1.165) is 5.56 Å². The molecule has 6 nitrogen and oxygen atoms in total. The maximum Gasteiger partial charge on any atom is 0.267 e. The van der Waals surface area contributed by atoms with Gasteiger partial charge in [0.2, 0.25) is 10.0 Å². The summed E-state index contributed by atoms with van der Waals surface area (Å²) in [5.74, 6) is -0.701. The number of sulfonamides is 1. The highest BCUT2D eigenvalue weighted by atomic mass is 79.9. The van der Waals surface area contributed by atoms with Gasteiger partial charge in [-0.2, -0.15) is 4.31 Å². The zero-order valence-electron chi connectivity index (χ0n) is 15.5. The first-order chi connectivity index (χ1) is 12.7. The summed E-state index contributed by atoms with van der Waals surface area (Å²) >= 11 is 3.13. The second-order valence-electron chi connectivity index (χ2n) is 6.02. The van der Waals surface area contributed by atoms with Crippen molar-refractivity contribution in [2.24, 2.45) is 7.05 Å². The molecule has 27 heavy (non-hydrogen) atoms. The maximum atomic E-state index is 13.2. The molecule has 1 aromatic heterocycles. The van der Waals surface area contributed by atoms with Crippen molar-refractivity contribution in [3.63, 3.8) is 0 Å². The summed E-state index contributed by atoms with van der Waals surface area (Å²) < 4.78 is 41.6. The number of hydrogen-bond acceptors (Lipinski definition) is 3. The summed E-state index contributed by atoms with van der Waals surface area (Å²) in [5.41, 5.74) is 1.14. The first-order valence-corrected chi connectivity index (χ1v) is 10.8. The Labute approximate surface area is 167 Å². The van der Waals surface area contributed by atoms with Crippen LogP contribution in [0.2, 0.25) is 0 Å². The lowest BCUT2D eigenvalue weighted by Crippen LogP contribution is -2.30. The third-order valence-corrected chi connectivity index (χ3v) is 6.86. The largest absolute Gasteiger partial charge is 0.350 e. The molecule has 0 aliphatic carbocycles. The van der Waals surface area contributed by atoms with E-state index < -0.39 is 10.0 Å². The molecule has 0 aliphatic heterocycles. The summed E-state index contributed by atoms with van der Waals surface area (Å²) in [6, 6.07) is 6.07. The quantitative estimate of drug-likeness (QED) is 0.659. The van der Waals surface area contributed by atoms with Gasteiger partial charge in [0.05, 0.1) is 4.47 Å². The van der Waals surface area contributed by atoms with Crippen molar-refractivity contribution in [1.82, 2.24) is 14.2 Å². The maximum absolute atomic E-state index is 13.2. The predicted octanol–water partition coefficient (Wildman–Crippen LogP) is 2.93. The third kappa shape index (κ3) is 4.97. The number of rotatable bonds is 8. The molecule has 0 radical (unpaired) electrons. The monoisotopic (exact) mass is 459 g/mol. The lowest BCUT2D eigenvalue weighted by atomic mass is 10.1. The first-order valence-electron chi connectivity index (χ1n) is 8.59. The van der Waals surface area contributed by atoms with E-state index in [2.05, 4.69) is 21.2 Å². The minimum atomic E-state index is -3.62. The van der Waals surface area contributed by atoms with Crippen molar-refractivity contribution in [2.45, 2.75) is 25.2 Å². The van der Waals surface area contributed by atoms with Crippen molar-refractivity contribution in [3.8, 4) is 0 Å². The molecule has 9 heteroatoms. The molecule has 2 aromatic rings. The van der Waals surface area contributed by atoms with E-state index in [0.29, 0.717) is 30.5 Å². The van der Waals surface area contributed by atoms with E-state index in [9.17, 15) is 17.6 Å². The fraction of sp³-hybridized carbons (Fsp3) is 0.389. The summed E-state index contributed by atoms with van der Waals surface area (Å²) in [4.78, 5) is 12.5. The van der Waals surface area contributed by atoms with Crippen LogP contribution in [0.25, 0.3) is 0 Å². The smallest absolute Gasteiger partial charge is 0.267 e. The molecule has 0 saturated heterocycles. The number of carbonyl (C=O) groups is 1. The average molecular weight is 460 g/mol. The van der Waals surface area contributed by atoms with Crippen LogP contribution in [0.3, 0.4) is 0 Å². The highest BCUT2D eigenvalue weighted by molar-refractivity contribution is 9.10. The fourth-order valence-corrected chi connectivity index (χ4v) is 4.68. The zero-order chi connectivity index (χ0) is 20.2. The topological polar surface area (TPSA) is 71.4 Å². The number of carbonyl (C=O) groups excluding carboxylic acids is 1. The third-order valence-electron chi connectivity index (χ3n) is 4.24. The van der Waals surface area contributed by atoms with E-state index in [-0.39, 0.29) is 22.3 Å². The van der Waals surface area contributed by atoms with Gasteiger partial charge in [-0.15, -0.1) is 0 Å². The predicted molar refractivity (Wildman–Crippen MR) is 106 cm³/mol. The van der Waals surface area contributed by atoms with Gasteiger partial charge < -0.3 is 9.88 Å². The van der Waals surface area contributed by atoms with E-state index in [1.807, 2.05) is 0 Å². The molecule has 0 fully saturated rings. The first kappa shape index (κ1) is 21.6. The second kappa shape index (κ2) is 8.99. The standard InChI is InChI=1S/C18H23BrFN3O3S/c1-4-23(5-2)27(25,26)14-11-17(22(3)12-14)18(24)21-9-8-13-6-7-16(20)15(19)10-13/h6-7,10-12H,4-5,8-9H2,1-3H3,(H,21,24). The molecule has 0 spiro atoms. The Morgan fingerprint density at radius 2 is 1.93 bits per heavy atom. The van der Waals surface area contributed by atoms with Crippen molar-refractivity contribution in [2.75, 3.05) is 19.6 Å². The Hall–Kier alpha value is -1.71. The lowest BCUT2D eigenvalue weighted by Gasteiger charge is -2.17. The van der Waals surface area contributed by atoms with Crippen molar-refractivity contribution < 1.29 is 17.6 Å². The van der Waals surface area contributed by atoms with Crippen LogP contribution >= 0.6 is 15.9 Å². The van der Waals surface area contributed by atoms with Crippen LogP contribution in [0.15, 0.2) is 39.8 Å². The molecule has 1 aromatic carbocycles. The van der Waals surface area contributed by atoms with Crippen LogP contribution in [-0.2, 0) is 23.5 Å². The van der Waals surface area contributed by atoms with Crippen LogP contribution < -0.4 is 5.32 Å². The van der Waals surface area contributed by atoms with Gasteiger partial charge in [0, 0.05) is 32.9 Å². The minimum Gasteiger partial charge on any atom is -0.350 e. The summed E-state index contributed by atoms with van der Waals surface area (Å²) in [6.45, 7) is 4.61.